The molecule has 4 nitrogen and oxygen atoms in total. The van der Waals surface area contributed by atoms with Crippen LogP contribution in [-0.2, 0) is 4.74 Å². The molecule has 0 aliphatic carbocycles. The van der Waals surface area contributed by atoms with Gasteiger partial charge in [-0.1, -0.05) is 19.1 Å². The van der Waals surface area contributed by atoms with Crippen LogP contribution in [0.4, 0.5) is 14.9 Å². The van der Waals surface area contributed by atoms with Crippen LogP contribution in [0.3, 0.4) is 0 Å². The van der Waals surface area contributed by atoms with Crippen LogP contribution >= 0.6 is 11.8 Å². The van der Waals surface area contributed by atoms with Crippen LogP contribution < -0.4 is 5.32 Å². The van der Waals surface area contributed by atoms with Gasteiger partial charge in [-0.05, 0) is 48.2 Å². The molecule has 2 rings (SSSR count). The molecule has 1 amide bonds. The Kier molecular flexibility index (Phi) is 6.47. The van der Waals surface area contributed by atoms with Gasteiger partial charge in [0.25, 0.3) is 0 Å². The summed E-state index contributed by atoms with van der Waals surface area (Å²) >= 11 is 1.60. The van der Waals surface area contributed by atoms with Crippen molar-refractivity contribution in [3.63, 3.8) is 0 Å². The fraction of sp³-hybridized carbons (Fsp3) is 0.211. The number of hydrogen-bond donors (Lipinski definition) is 2. The van der Waals surface area contributed by atoms with Crippen molar-refractivity contribution < 1.29 is 19.0 Å². The molecule has 0 aromatic heterocycles. The normalized spacial score (nSPS) is 12.9. The highest BCUT2D eigenvalue weighted by molar-refractivity contribution is 7.98. The molecule has 25 heavy (non-hydrogen) atoms. The second kappa shape index (κ2) is 8.58. The number of anilines is 1. The van der Waals surface area contributed by atoms with Gasteiger partial charge in [-0.3, -0.25) is 5.32 Å². The first-order valence-electron chi connectivity index (χ1n) is 7.67. The number of hydrogen-bond acceptors (Lipinski definition) is 4. The average Bonchev–Trinajstić information content (AvgIpc) is 2.62. The molecule has 0 unspecified atom stereocenters. The van der Waals surface area contributed by atoms with Crippen molar-refractivity contribution in [3.8, 4) is 5.75 Å². The Morgan fingerprint density at radius 3 is 2.56 bits per heavy atom. The number of carbonyl (C=O) groups is 1. The number of ether oxygens (including phenoxy) is 1. The predicted octanol–water partition coefficient (Wildman–Crippen LogP) is 5.37. The van der Waals surface area contributed by atoms with Crippen LogP contribution in [0.25, 0.3) is 0 Å². The number of thioether (sulfide) groups is 1. The summed E-state index contributed by atoms with van der Waals surface area (Å²) in [6, 6.07) is 11.2. The number of amides is 1. The van der Waals surface area contributed by atoms with Crippen molar-refractivity contribution in [2.75, 3.05) is 11.6 Å². The second-order valence-electron chi connectivity index (χ2n) is 5.49. The van der Waals surface area contributed by atoms with E-state index in [0.29, 0.717) is 11.3 Å². The highest BCUT2D eigenvalue weighted by Gasteiger charge is 2.23. The van der Waals surface area contributed by atoms with Gasteiger partial charge in [-0.2, -0.15) is 0 Å². The van der Waals surface area contributed by atoms with E-state index in [0.717, 1.165) is 11.0 Å². The predicted molar refractivity (Wildman–Crippen MR) is 98.5 cm³/mol. The maximum absolute atomic E-state index is 13.6. The summed E-state index contributed by atoms with van der Waals surface area (Å²) in [5, 5.41) is 12.0. The molecule has 0 saturated heterocycles. The molecule has 0 aliphatic rings. The fourth-order valence-electron chi connectivity index (χ4n) is 2.24. The summed E-state index contributed by atoms with van der Waals surface area (Å²) in [7, 11) is 0. The number of phenolic OH excluding ortho intramolecular Hbond substituents is 1. The molecule has 2 N–H and O–H groups in total. The van der Waals surface area contributed by atoms with Gasteiger partial charge in [-0.25, -0.2) is 9.18 Å². The molecule has 0 bridgehead atoms. The summed E-state index contributed by atoms with van der Waals surface area (Å²) in [4.78, 5) is 13.3. The number of rotatable bonds is 6. The van der Waals surface area contributed by atoms with Gasteiger partial charge in [0.1, 0.15) is 6.10 Å². The molecule has 0 fully saturated rings. The molecule has 2 aromatic rings. The van der Waals surface area contributed by atoms with Gasteiger partial charge in [0.15, 0.2) is 11.6 Å². The van der Waals surface area contributed by atoms with E-state index in [4.69, 9.17) is 4.74 Å². The number of halogens is 1. The molecule has 0 radical (unpaired) electrons. The van der Waals surface area contributed by atoms with Crippen LogP contribution in [0.5, 0.6) is 5.75 Å². The van der Waals surface area contributed by atoms with Crippen molar-refractivity contribution in [2.24, 2.45) is 5.92 Å². The van der Waals surface area contributed by atoms with Crippen molar-refractivity contribution in [3.05, 3.63) is 66.5 Å². The lowest BCUT2D eigenvalue weighted by Gasteiger charge is -2.22. The Bertz CT molecular complexity index is 749. The highest BCUT2D eigenvalue weighted by atomic mass is 32.2. The molecule has 0 heterocycles. The van der Waals surface area contributed by atoms with Gasteiger partial charge in [-0.15, -0.1) is 18.3 Å². The zero-order valence-electron chi connectivity index (χ0n) is 14.0. The van der Waals surface area contributed by atoms with Crippen LogP contribution in [-0.4, -0.2) is 17.5 Å². The molecule has 0 saturated carbocycles. The fourth-order valence-corrected chi connectivity index (χ4v) is 2.65. The van der Waals surface area contributed by atoms with Crippen molar-refractivity contribution in [2.45, 2.75) is 17.9 Å². The number of nitrogens with one attached hydrogen (secondary N) is 1. The largest absolute Gasteiger partial charge is 0.505 e. The summed E-state index contributed by atoms with van der Waals surface area (Å²) < 4.78 is 19.1. The maximum atomic E-state index is 13.6. The SMILES string of the molecule is C=C[C@@H](C)[C@H](OC(=O)Nc1ccc(SC)cc1)c1ccc(O)c(F)c1. The monoisotopic (exact) mass is 361 g/mol. The van der Waals surface area contributed by atoms with E-state index in [1.165, 1.54) is 12.1 Å². The first kappa shape index (κ1) is 18.9. The smallest absolute Gasteiger partial charge is 0.412 e. The van der Waals surface area contributed by atoms with Gasteiger partial charge in [0, 0.05) is 16.5 Å². The second-order valence-corrected chi connectivity index (χ2v) is 6.36. The molecule has 6 heteroatoms. The van der Waals surface area contributed by atoms with E-state index in [2.05, 4.69) is 11.9 Å². The van der Waals surface area contributed by atoms with Crippen LogP contribution in [0.2, 0.25) is 0 Å². The molecule has 0 spiro atoms. The molecule has 0 aliphatic heterocycles. The Labute approximate surface area is 150 Å². The minimum absolute atomic E-state index is 0.242. The molecule has 2 aromatic carbocycles. The lowest BCUT2D eigenvalue weighted by atomic mass is 9.97. The minimum atomic E-state index is -0.768. The average molecular weight is 361 g/mol. The highest BCUT2D eigenvalue weighted by Crippen LogP contribution is 2.30. The van der Waals surface area contributed by atoms with E-state index in [9.17, 15) is 14.3 Å². The summed E-state index contributed by atoms with van der Waals surface area (Å²) in [6.07, 6.45) is 2.22. The van der Waals surface area contributed by atoms with E-state index in [1.807, 2.05) is 25.3 Å². The van der Waals surface area contributed by atoms with Gasteiger partial charge >= 0.3 is 6.09 Å². The van der Waals surface area contributed by atoms with Gasteiger partial charge in [0.2, 0.25) is 0 Å². The standard InChI is InChI=1S/C19H20FNO3S/c1-4-12(2)18(13-5-10-17(22)16(20)11-13)24-19(23)21-14-6-8-15(25-3)9-7-14/h4-12,18,22H,1H2,2-3H3,(H,21,23)/t12-,18+/m1/s1. The van der Waals surface area contributed by atoms with Crippen LogP contribution in [0, 0.1) is 11.7 Å². The van der Waals surface area contributed by atoms with E-state index in [-0.39, 0.29) is 5.92 Å². The number of aromatic hydroxyl groups is 1. The molecular formula is C19H20FNO3S. The quantitative estimate of drug-likeness (QED) is 0.537. The number of benzene rings is 2. The van der Waals surface area contributed by atoms with Crippen LogP contribution in [0.15, 0.2) is 60.0 Å². The lowest BCUT2D eigenvalue weighted by Crippen LogP contribution is -2.21. The number of phenols is 1. The zero-order valence-corrected chi connectivity index (χ0v) is 14.8. The lowest BCUT2D eigenvalue weighted by molar-refractivity contribution is 0.0895. The summed E-state index contributed by atoms with van der Waals surface area (Å²) in [5.74, 6) is -1.46. The minimum Gasteiger partial charge on any atom is -0.505 e. The van der Waals surface area contributed by atoms with Crippen LogP contribution in [0.1, 0.15) is 18.6 Å². The van der Waals surface area contributed by atoms with Gasteiger partial charge < -0.3 is 9.84 Å². The first-order chi connectivity index (χ1) is 11.9. The van der Waals surface area contributed by atoms with E-state index in [1.54, 1.807) is 30.0 Å². The molecule has 2 atom stereocenters. The Hall–Kier alpha value is -2.47. The third kappa shape index (κ3) is 5.00. The van der Waals surface area contributed by atoms with Gasteiger partial charge in [0.05, 0.1) is 0 Å². The third-order valence-corrected chi connectivity index (χ3v) is 4.46. The Morgan fingerprint density at radius 2 is 2.00 bits per heavy atom. The maximum Gasteiger partial charge on any atom is 0.412 e. The Morgan fingerprint density at radius 1 is 1.32 bits per heavy atom. The number of carbonyl (C=O) groups excluding carboxylic acids is 1. The third-order valence-electron chi connectivity index (χ3n) is 3.72. The van der Waals surface area contributed by atoms with E-state index < -0.39 is 23.8 Å². The van der Waals surface area contributed by atoms with Crippen molar-refractivity contribution >= 4 is 23.5 Å². The Balaban J connectivity index is 2.13. The van der Waals surface area contributed by atoms with Crippen molar-refractivity contribution in [1.29, 1.82) is 0 Å². The van der Waals surface area contributed by atoms with Crippen molar-refractivity contribution in [1.82, 2.24) is 0 Å². The zero-order chi connectivity index (χ0) is 18.4. The molecule has 132 valence electrons. The summed E-state index contributed by atoms with van der Waals surface area (Å²) in [5.41, 5.74) is 1.04. The summed E-state index contributed by atoms with van der Waals surface area (Å²) in [6.45, 7) is 5.51. The van der Waals surface area contributed by atoms with E-state index >= 15 is 0 Å². The topological polar surface area (TPSA) is 58.6 Å². The molecular weight excluding hydrogens is 341 g/mol. The first-order valence-corrected chi connectivity index (χ1v) is 8.89.